The summed E-state index contributed by atoms with van der Waals surface area (Å²) in [5, 5.41) is 2.85. The molecule has 0 aromatic heterocycles. The van der Waals surface area contributed by atoms with Crippen LogP contribution in [-0.4, -0.2) is 29.8 Å². The van der Waals surface area contributed by atoms with E-state index < -0.39 is 0 Å². The van der Waals surface area contributed by atoms with Gasteiger partial charge >= 0.3 is 0 Å². The van der Waals surface area contributed by atoms with E-state index in [0.29, 0.717) is 12.8 Å². The fourth-order valence-corrected chi connectivity index (χ4v) is 2.16. The summed E-state index contributed by atoms with van der Waals surface area (Å²) in [5.41, 5.74) is 2.02. The molecule has 96 valence electrons. The monoisotopic (exact) mass is 246 g/mol. The molecular weight excluding hydrogens is 228 g/mol. The second-order valence-corrected chi connectivity index (χ2v) is 4.60. The molecule has 2 amide bonds. The largest absolute Gasteiger partial charge is 0.334 e. The highest BCUT2D eigenvalue weighted by Crippen LogP contribution is 2.18. The number of carbonyl (C=O) groups excluding carboxylic acids is 2. The Kier molecular flexibility index (Phi) is 3.65. The van der Waals surface area contributed by atoms with Gasteiger partial charge in [0.15, 0.2) is 0 Å². The van der Waals surface area contributed by atoms with Gasteiger partial charge in [-0.1, -0.05) is 19.1 Å². The summed E-state index contributed by atoms with van der Waals surface area (Å²) in [4.78, 5) is 24.9. The van der Waals surface area contributed by atoms with Crippen LogP contribution < -0.4 is 5.32 Å². The van der Waals surface area contributed by atoms with E-state index in [0.717, 1.165) is 12.1 Å². The van der Waals surface area contributed by atoms with Gasteiger partial charge in [0.05, 0.1) is 0 Å². The van der Waals surface area contributed by atoms with Gasteiger partial charge in [-0.2, -0.15) is 0 Å². The van der Waals surface area contributed by atoms with Crippen LogP contribution >= 0.6 is 0 Å². The second-order valence-electron chi connectivity index (χ2n) is 4.60. The average Bonchev–Trinajstić information content (AvgIpc) is 2.71. The predicted octanol–water partition coefficient (Wildman–Crippen LogP) is 1.81. The molecule has 1 aliphatic heterocycles. The highest BCUT2D eigenvalue weighted by atomic mass is 16.2. The number of hydrogen-bond acceptors (Lipinski definition) is 2. The Morgan fingerprint density at radius 3 is 2.56 bits per heavy atom. The third-order valence-corrected chi connectivity index (χ3v) is 3.42. The van der Waals surface area contributed by atoms with E-state index >= 15 is 0 Å². The zero-order valence-electron chi connectivity index (χ0n) is 10.8. The van der Waals surface area contributed by atoms with Gasteiger partial charge in [-0.15, -0.1) is 0 Å². The summed E-state index contributed by atoms with van der Waals surface area (Å²) in [7, 11) is 1.68. The van der Waals surface area contributed by atoms with Gasteiger partial charge in [0.25, 0.3) is 0 Å². The Bertz CT molecular complexity index is 453. The summed E-state index contributed by atoms with van der Waals surface area (Å²) < 4.78 is 0. The average molecular weight is 246 g/mol. The van der Waals surface area contributed by atoms with Crippen LogP contribution in [0.2, 0.25) is 0 Å². The highest BCUT2D eigenvalue weighted by Gasteiger charge is 2.33. The number of likely N-dealkylation sites (tertiary alicyclic amines) is 1. The SMILES string of the molecule is CCc1ccc(NC(=O)C2CCC(=O)N2C)cc1. The van der Waals surface area contributed by atoms with E-state index in [-0.39, 0.29) is 17.9 Å². The van der Waals surface area contributed by atoms with Crippen molar-refractivity contribution < 1.29 is 9.59 Å². The maximum Gasteiger partial charge on any atom is 0.247 e. The van der Waals surface area contributed by atoms with Crippen LogP contribution in [0.15, 0.2) is 24.3 Å². The van der Waals surface area contributed by atoms with Gasteiger partial charge in [-0.05, 0) is 30.5 Å². The van der Waals surface area contributed by atoms with Crippen LogP contribution in [0.25, 0.3) is 0 Å². The van der Waals surface area contributed by atoms with Crippen molar-refractivity contribution in [3.05, 3.63) is 29.8 Å². The Balaban J connectivity index is 2.00. The Morgan fingerprint density at radius 1 is 1.39 bits per heavy atom. The van der Waals surface area contributed by atoms with E-state index in [2.05, 4.69) is 12.2 Å². The molecule has 0 saturated carbocycles. The molecular formula is C14H18N2O2. The summed E-state index contributed by atoms with van der Waals surface area (Å²) in [6.45, 7) is 2.09. The van der Waals surface area contributed by atoms with E-state index in [1.165, 1.54) is 10.5 Å². The lowest BCUT2D eigenvalue weighted by atomic mass is 10.1. The molecule has 1 N–H and O–H groups in total. The van der Waals surface area contributed by atoms with Gasteiger partial charge in [0, 0.05) is 19.2 Å². The third-order valence-electron chi connectivity index (χ3n) is 3.42. The number of nitrogens with one attached hydrogen (secondary N) is 1. The molecule has 0 aliphatic carbocycles. The lowest BCUT2D eigenvalue weighted by molar-refractivity contribution is -0.131. The van der Waals surface area contributed by atoms with Crippen molar-refractivity contribution >= 4 is 17.5 Å². The normalized spacial score (nSPS) is 19.1. The minimum absolute atomic E-state index is 0.0384. The van der Waals surface area contributed by atoms with E-state index in [1.54, 1.807) is 7.05 Å². The van der Waals surface area contributed by atoms with E-state index in [1.807, 2.05) is 24.3 Å². The summed E-state index contributed by atoms with van der Waals surface area (Å²) in [5.74, 6) is -0.0657. The van der Waals surface area contributed by atoms with Crippen LogP contribution in [0.5, 0.6) is 0 Å². The highest BCUT2D eigenvalue weighted by molar-refractivity contribution is 5.98. The van der Waals surface area contributed by atoms with Crippen LogP contribution in [0.4, 0.5) is 5.69 Å². The molecule has 18 heavy (non-hydrogen) atoms. The Labute approximate surface area is 107 Å². The van der Waals surface area contributed by atoms with Gasteiger partial charge in [0.2, 0.25) is 11.8 Å². The zero-order chi connectivity index (χ0) is 13.1. The van der Waals surface area contributed by atoms with Gasteiger partial charge < -0.3 is 10.2 Å². The minimum atomic E-state index is -0.330. The standard InChI is InChI=1S/C14H18N2O2/c1-3-10-4-6-11(7-5-10)15-14(18)12-8-9-13(17)16(12)2/h4-7,12H,3,8-9H2,1-2H3,(H,15,18). The minimum Gasteiger partial charge on any atom is -0.334 e. The Hall–Kier alpha value is -1.84. The number of rotatable bonds is 3. The maximum atomic E-state index is 12.0. The molecule has 4 heteroatoms. The molecule has 0 spiro atoms. The first kappa shape index (κ1) is 12.6. The van der Waals surface area contributed by atoms with Gasteiger partial charge in [-0.25, -0.2) is 0 Å². The van der Waals surface area contributed by atoms with Crippen molar-refractivity contribution in [2.24, 2.45) is 0 Å². The molecule has 1 atom stereocenters. The molecule has 0 radical (unpaired) electrons. The van der Waals surface area contributed by atoms with Crippen molar-refractivity contribution in [2.45, 2.75) is 32.2 Å². The number of hydrogen-bond donors (Lipinski definition) is 1. The van der Waals surface area contributed by atoms with Crippen molar-refractivity contribution in [3.8, 4) is 0 Å². The van der Waals surface area contributed by atoms with Crippen molar-refractivity contribution in [2.75, 3.05) is 12.4 Å². The molecule has 2 rings (SSSR count). The summed E-state index contributed by atoms with van der Waals surface area (Å²) >= 11 is 0. The van der Waals surface area contributed by atoms with Gasteiger partial charge in [-0.3, -0.25) is 9.59 Å². The first-order chi connectivity index (χ1) is 8.61. The molecule has 1 saturated heterocycles. The molecule has 1 fully saturated rings. The topological polar surface area (TPSA) is 49.4 Å². The number of amides is 2. The number of benzene rings is 1. The first-order valence-corrected chi connectivity index (χ1v) is 6.27. The molecule has 0 bridgehead atoms. The fraction of sp³-hybridized carbons (Fsp3) is 0.429. The first-order valence-electron chi connectivity index (χ1n) is 6.27. The number of carbonyl (C=O) groups is 2. The maximum absolute atomic E-state index is 12.0. The molecule has 1 unspecified atom stereocenters. The molecule has 4 nitrogen and oxygen atoms in total. The zero-order valence-corrected chi connectivity index (χ0v) is 10.8. The number of likely N-dealkylation sites (N-methyl/N-ethyl adjacent to an activating group) is 1. The van der Waals surface area contributed by atoms with Crippen LogP contribution in [-0.2, 0) is 16.0 Å². The smallest absolute Gasteiger partial charge is 0.247 e. The van der Waals surface area contributed by atoms with E-state index in [4.69, 9.17) is 0 Å². The Morgan fingerprint density at radius 2 is 2.06 bits per heavy atom. The molecule has 1 aliphatic rings. The predicted molar refractivity (Wildman–Crippen MR) is 70.2 cm³/mol. The third kappa shape index (κ3) is 2.53. The number of anilines is 1. The molecule has 1 aromatic rings. The van der Waals surface area contributed by atoms with Crippen LogP contribution in [0, 0.1) is 0 Å². The van der Waals surface area contributed by atoms with Crippen LogP contribution in [0.3, 0.4) is 0 Å². The fourth-order valence-electron chi connectivity index (χ4n) is 2.16. The number of nitrogens with zero attached hydrogens (tertiary/aromatic N) is 1. The molecule has 1 aromatic carbocycles. The van der Waals surface area contributed by atoms with Crippen LogP contribution in [0.1, 0.15) is 25.3 Å². The van der Waals surface area contributed by atoms with Crippen molar-refractivity contribution in [1.29, 1.82) is 0 Å². The van der Waals surface area contributed by atoms with Crippen molar-refractivity contribution in [3.63, 3.8) is 0 Å². The second kappa shape index (κ2) is 5.21. The van der Waals surface area contributed by atoms with Crippen molar-refractivity contribution in [1.82, 2.24) is 4.90 Å². The van der Waals surface area contributed by atoms with E-state index in [9.17, 15) is 9.59 Å². The molecule has 1 heterocycles. The lowest BCUT2D eigenvalue weighted by Gasteiger charge is -2.19. The number of aryl methyl sites for hydroxylation is 1. The van der Waals surface area contributed by atoms with Gasteiger partial charge in [0.1, 0.15) is 6.04 Å². The summed E-state index contributed by atoms with van der Waals surface area (Å²) in [6, 6.07) is 7.46. The lowest BCUT2D eigenvalue weighted by Crippen LogP contribution is -2.38. The quantitative estimate of drug-likeness (QED) is 0.884. The summed E-state index contributed by atoms with van der Waals surface area (Å²) in [6.07, 6.45) is 2.05.